The third kappa shape index (κ3) is 3.22. The number of nitrogens with zero attached hydrogens (tertiary/aromatic N) is 4. The Morgan fingerprint density at radius 2 is 1.88 bits per heavy atom. The number of benzene rings is 2. The van der Waals surface area contributed by atoms with E-state index in [0.29, 0.717) is 5.90 Å². The maximum absolute atomic E-state index is 12.1. The van der Waals surface area contributed by atoms with Gasteiger partial charge in [0, 0.05) is 3.57 Å². The summed E-state index contributed by atoms with van der Waals surface area (Å²) in [5.74, 6) is -0.115. The molecule has 0 atom stereocenters. The number of rotatable bonds is 3. The zero-order valence-corrected chi connectivity index (χ0v) is 15.0. The van der Waals surface area contributed by atoms with Gasteiger partial charge in [-0.05, 0) is 58.5 Å². The molecule has 0 aliphatic carbocycles. The lowest BCUT2D eigenvalue weighted by Crippen LogP contribution is -2.06. The summed E-state index contributed by atoms with van der Waals surface area (Å²) in [4.78, 5) is 20.4. The minimum Gasteiger partial charge on any atom is -0.402 e. The molecule has 2 aromatic carbocycles. The highest BCUT2D eigenvalue weighted by Crippen LogP contribution is 2.22. The molecule has 25 heavy (non-hydrogen) atoms. The van der Waals surface area contributed by atoms with E-state index in [4.69, 9.17) is 4.74 Å². The highest BCUT2D eigenvalue weighted by atomic mass is 127. The number of ether oxygens (including phenoxy) is 1. The molecule has 0 spiro atoms. The van der Waals surface area contributed by atoms with E-state index in [1.54, 1.807) is 17.1 Å². The molecule has 0 bridgehead atoms. The number of esters is 1. The molecular formula is C18H11IN4O2. The van der Waals surface area contributed by atoms with Gasteiger partial charge >= 0.3 is 5.97 Å². The van der Waals surface area contributed by atoms with Gasteiger partial charge in [-0.2, -0.15) is 5.10 Å². The van der Waals surface area contributed by atoms with Gasteiger partial charge < -0.3 is 4.74 Å². The molecule has 0 saturated carbocycles. The van der Waals surface area contributed by atoms with Crippen molar-refractivity contribution in [1.82, 2.24) is 14.8 Å². The van der Waals surface area contributed by atoms with E-state index < -0.39 is 5.97 Å². The van der Waals surface area contributed by atoms with Gasteiger partial charge in [0.25, 0.3) is 0 Å². The molecule has 0 amide bonds. The monoisotopic (exact) mass is 442 g/mol. The van der Waals surface area contributed by atoms with Crippen molar-refractivity contribution in [2.24, 2.45) is 4.99 Å². The maximum Gasteiger partial charge on any atom is 0.363 e. The Bertz CT molecular complexity index is 992. The quantitative estimate of drug-likeness (QED) is 0.355. The standard InChI is InChI=1S/C18H11IN4O2/c19-15-4-2-1-3-14(15)17-22-16(18(24)25-17)9-12-5-7-13(8-6-12)23-11-20-10-21-23/h1-11H/b16-9+. The highest BCUT2D eigenvalue weighted by molar-refractivity contribution is 14.1. The van der Waals surface area contributed by atoms with E-state index in [1.165, 1.54) is 6.33 Å². The van der Waals surface area contributed by atoms with Crippen LogP contribution in [0.4, 0.5) is 0 Å². The summed E-state index contributed by atoms with van der Waals surface area (Å²) in [5, 5.41) is 4.08. The van der Waals surface area contributed by atoms with Gasteiger partial charge in [0.15, 0.2) is 5.70 Å². The minimum atomic E-state index is -0.449. The van der Waals surface area contributed by atoms with Crippen molar-refractivity contribution in [2.75, 3.05) is 0 Å². The molecule has 4 rings (SSSR count). The number of hydrogen-bond acceptors (Lipinski definition) is 5. The van der Waals surface area contributed by atoms with Gasteiger partial charge in [-0.3, -0.25) is 0 Å². The third-order valence-corrected chi connectivity index (χ3v) is 4.55. The molecule has 0 fully saturated rings. The summed E-state index contributed by atoms with van der Waals surface area (Å²) >= 11 is 2.19. The summed E-state index contributed by atoms with van der Waals surface area (Å²) in [7, 11) is 0. The van der Waals surface area contributed by atoms with E-state index in [2.05, 4.69) is 37.7 Å². The highest BCUT2D eigenvalue weighted by Gasteiger charge is 2.25. The van der Waals surface area contributed by atoms with Crippen molar-refractivity contribution < 1.29 is 9.53 Å². The summed E-state index contributed by atoms with van der Waals surface area (Å²) in [5.41, 5.74) is 2.82. The predicted molar refractivity (Wildman–Crippen MR) is 101 cm³/mol. The lowest BCUT2D eigenvalue weighted by Gasteiger charge is -2.01. The molecule has 6 nitrogen and oxygen atoms in total. The van der Waals surface area contributed by atoms with E-state index in [9.17, 15) is 4.79 Å². The molecule has 7 heteroatoms. The zero-order chi connectivity index (χ0) is 17.2. The largest absolute Gasteiger partial charge is 0.402 e. The van der Waals surface area contributed by atoms with Gasteiger partial charge in [-0.15, -0.1) is 0 Å². The van der Waals surface area contributed by atoms with Crippen molar-refractivity contribution in [3.63, 3.8) is 0 Å². The lowest BCUT2D eigenvalue weighted by atomic mass is 10.2. The molecule has 122 valence electrons. The van der Waals surface area contributed by atoms with E-state index in [-0.39, 0.29) is 5.70 Å². The summed E-state index contributed by atoms with van der Waals surface area (Å²) in [6, 6.07) is 15.2. The fourth-order valence-electron chi connectivity index (χ4n) is 2.38. The predicted octanol–water partition coefficient (Wildman–Crippen LogP) is 3.22. The van der Waals surface area contributed by atoms with E-state index in [0.717, 1.165) is 20.4 Å². The number of cyclic esters (lactones) is 1. The summed E-state index contributed by atoms with van der Waals surface area (Å²) in [6.07, 6.45) is 4.81. The van der Waals surface area contributed by atoms with Crippen LogP contribution in [0.15, 0.2) is 71.9 Å². The number of carbonyl (C=O) groups excluding carboxylic acids is 1. The first-order valence-electron chi connectivity index (χ1n) is 7.43. The van der Waals surface area contributed by atoms with Crippen molar-refractivity contribution in [3.8, 4) is 5.69 Å². The summed E-state index contributed by atoms with van der Waals surface area (Å²) < 4.78 is 7.95. The Morgan fingerprint density at radius 3 is 2.60 bits per heavy atom. The van der Waals surface area contributed by atoms with Crippen molar-refractivity contribution in [1.29, 1.82) is 0 Å². The third-order valence-electron chi connectivity index (χ3n) is 3.60. The molecular weight excluding hydrogens is 431 g/mol. The Labute approximate surface area is 157 Å². The normalized spacial score (nSPS) is 15.3. The SMILES string of the molecule is O=C1OC(c2ccccc2I)=N/C1=C/c1ccc(-n2cncn2)cc1. The van der Waals surface area contributed by atoms with Crippen molar-refractivity contribution in [2.45, 2.75) is 0 Å². The van der Waals surface area contributed by atoms with E-state index in [1.807, 2.05) is 48.5 Å². The number of aliphatic imine (C=N–C) groups is 1. The Kier molecular flexibility index (Phi) is 4.14. The first-order valence-corrected chi connectivity index (χ1v) is 8.51. The second kappa shape index (κ2) is 6.60. The van der Waals surface area contributed by atoms with Gasteiger partial charge in [0.05, 0.1) is 11.3 Å². The molecule has 0 unspecified atom stereocenters. The molecule has 1 aromatic heterocycles. The van der Waals surface area contributed by atoms with Crippen LogP contribution < -0.4 is 0 Å². The topological polar surface area (TPSA) is 69.4 Å². The van der Waals surface area contributed by atoms with Gasteiger partial charge in [-0.1, -0.05) is 24.3 Å². The summed E-state index contributed by atoms with van der Waals surface area (Å²) in [6.45, 7) is 0. The second-order valence-corrected chi connectivity index (χ2v) is 6.41. The maximum atomic E-state index is 12.1. The fraction of sp³-hybridized carbons (Fsp3) is 0. The van der Waals surface area contributed by atoms with Crippen LogP contribution in [0.2, 0.25) is 0 Å². The van der Waals surface area contributed by atoms with Gasteiger partial charge in [0.1, 0.15) is 12.7 Å². The van der Waals surface area contributed by atoms with Crippen LogP contribution in [0.3, 0.4) is 0 Å². The van der Waals surface area contributed by atoms with Crippen LogP contribution in [-0.4, -0.2) is 26.6 Å². The van der Waals surface area contributed by atoms with Gasteiger partial charge in [-0.25, -0.2) is 19.5 Å². The van der Waals surface area contributed by atoms with Crippen LogP contribution in [0.25, 0.3) is 11.8 Å². The van der Waals surface area contributed by atoms with Crippen LogP contribution in [0, 0.1) is 3.57 Å². The average molecular weight is 442 g/mol. The number of halogens is 1. The molecule has 2 heterocycles. The smallest absolute Gasteiger partial charge is 0.363 e. The number of aromatic nitrogens is 3. The minimum absolute atomic E-state index is 0.281. The average Bonchev–Trinajstić information content (AvgIpc) is 3.27. The Hall–Kier alpha value is -2.81. The first kappa shape index (κ1) is 15.7. The first-order chi connectivity index (χ1) is 12.2. The molecule has 1 aliphatic heterocycles. The van der Waals surface area contributed by atoms with Crippen molar-refractivity contribution >= 4 is 40.5 Å². The zero-order valence-electron chi connectivity index (χ0n) is 12.8. The van der Waals surface area contributed by atoms with Crippen molar-refractivity contribution in [3.05, 3.63) is 81.6 Å². The Morgan fingerprint density at radius 1 is 1.08 bits per heavy atom. The number of carbonyl (C=O) groups is 1. The van der Waals surface area contributed by atoms with Crippen LogP contribution in [0.5, 0.6) is 0 Å². The molecule has 0 radical (unpaired) electrons. The van der Waals surface area contributed by atoms with Crippen LogP contribution >= 0.6 is 22.6 Å². The van der Waals surface area contributed by atoms with Crippen LogP contribution in [-0.2, 0) is 9.53 Å². The Balaban J connectivity index is 1.63. The molecule has 1 aliphatic rings. The van der Waals surface area contributed by atoms with Gasteiger partial charge in [0.2, 0.25) is 5.90 Å². The second-order valence-electron chi connectivity index (χ2n) is 5.25. The fourth-order valence-corrected chi connectivity index (χ4v) is 3.00. The lowest BCUT2D eigenvalue weighted by molar-refractivity contribution is -0.129. The molecule has 0 saturated heterocycles. The molecule has 3 aromatic rings. The molecule has 0 N–H and O–H groups in total. The van der Waals surface area contributed by atoms with E-state index >= 15 is 0 Å². The van der Waals surface area contributed by atoms with Crippen LogP contribution in [0.1, 0.15) is 11.1 Å². The number of hydrogen-bond donors (Lipinski definition) is 0.